The van der Waals surface area contributed by atoms with E-state index in [1.54, 1.807) is 0 Å². The van der Waals surface area contributed by atoms with E-state index >= 15 is 0 Å². The van der Waals surface area contributed by atoms with Gasteiger partial charge in [0, 0.05) is 6.04 Å². The van der Waals surface area contributed by atoms with Crippen LogP contribution in [0, 0.1) is 0 Å². The first kappa shape index (κ1) is 12.4. The van der Waals surface area contributed by atoms with Crippen LogP contribution in [0.5, 0.6) is 0 Å². The molecular weight excluding hydrogens is 169 g/mol. The number of hydrogen-bond donors (Lipinski definition) is 3. The molecule has 3 N–H and O–H groups in total. The van der Waals surface area contributed by atoms with Crippen LogP contribution in [0.4, 0.5) is 0 Å². The minimum absolute atomic E-state index is 0. The molecule has 0 saturated heterocycles. The summed E-state index contributed by atoms with van der Waals surface area (Å²) < 4.78 is 0. The topological polar surface area (TPSA) is 69.6 Å². The molecule has 1 saturated carbocycles. The molecule has 0 aromatic rings. The van der Waals surface area contributed by atoms with Gasteiger partial charge in [0.2, 0.25) is 0 Å². The number of aliphatic carboxylic acids is 1. The van der Waals surface area contributed by atoms with E-state index in [4.69, 9.17) is 10.2 Å². The average molecular weight is 183 g/mol. The van der Waals surface area contributed by atoms with Gasteiger partial charge in [0.1, 0.15) is 6.04 Å². The number of rotatable bonds is 4. The van der Waals surface area contributed by atoms with Crippen molar-refractivity contribution in [3.63, 3.8) is 0 Å². The molecule has 5 heteroatoms. The van der Waals surface area contributed by atoms with Crippen molar-refractivity contribution in [3.05, 3.63) is 0 Å². The van der Waals surface area contributed by atoms with Crippen molar-refractivity contribution in [2.75, 3.05) is 6.61 Å². The molecule has 1 unspecified atom stereocenters. The Kier molecular flexibility index (Phi) is 6.13. The molecule has 1 aliphatic carbocycles. The first-order valence-corrected chi connectivity index (χ1v) is 3.83. The second-order valence-corrected chi connectivity index (χ2v) is 2.87. The molecule has 1 rings (SSSR count). The first-order valence-electron chi connectivity index (χ1n) is 3.83. The van der Waals surface area contributed by atoms with E-state index < -0.39 is 12.0 Å². The van der Waals surface area contributed by atoms with Gasteiger partial charge in [0.05, 0.1) is 6.61 Å². The van der Waals surface area contributed by atoms with E-state index in [2.05, 4.69) is 5.32 Å². The predicted octanol–water partition coefficient (Wildman–Crippen LogP) is -1.07. The standard InChI is InChI=1S/C7H13NO3.Na.H/c9-4-6(7(10)11)8-5-2-1-3-5;;/h5-6,8-9H,1-4H2,(H,10,11);;. The molecule has 0 aromatic heterocycles. The third-order valence-electron chi connectivity index (χ3n) is 2.02. The fourth-order valence-corrected chi connectivity index (χ4v) is 1.06. The van der Waals surface area contributed by atoms with Gasteiger partial charge in [-0.25, -0.2) is 0 Å². The maximum absolute atomic E-state index is 10.4. The van der Waals surface area contributed by atoms with Crippen molar-refractivity contribution in [2.45, 2.75) is 31.3 Å². The fraction of sp³-hybridized carbons (Fsp3) is 0.857. The summed E-state index contributed by atoms with van der Waals surface area (Å²) in [5.74, 6) is -0.973. The number of carboxylic acid groups (broad SMARTS) is 1. The zero-order valence-electron chi connectivity index (χ0n) is 6.29. The molecule has 1 fully saturated rings. The zero-order valence-corrected chi connectivity index (χ0v) is 6.29. The van der Waals surface area contributed by atoms with E-state index in [9.17, 15) is 4.79 Å². The Labute approximate surface area is 93.6 Å². The second-order valence-electron chi connectivity index (χ2n) is 2.87. The van der Waals surface area contributed by atoms with Gasteiger partial charge in [-0.15, -0.1) is 0 Å². The Morgan fingerprint density at radius 1 is 1.58 bits per heavy atom. The summed E-state index contributed by atoms with van der Waals surface area (Å²) in [5, 5.41) is 20.0. The van der Waals surface area contributed by atoms with Crippen molar-refractivity contribution in [2.24, 2.45) is 0 Å². The molecule has 0 radical (unpaired) electrons. The number of carboxylic acids is 1. The van der Waals surface area contributed by atoms with Crippen LogP contribution in [-0.4, -0.2) is 64.4 Å². The second kappa shape index (κ2) is 5.94. The van der Waals surface area contributed by atoms with Crippen LogP contribution in [0.2, 0.25) is 0 Å². The molecule has 0 bridgehead atoms. The van der Waals surface area contributed by atoms with Crippen LogP contribution in [0.25, 0.3) is 0 Å². The molecule has 0 aromatic carbocycles. The first-order chi connectivity index (χ1) is 5.24. The van der Waals surface area contributed by atoms with Gasteiger partial charge in [-0.3, -0.25) is 10.1 Å². The van der Waals surface area contributed by atoms with Crippen molar-refractivity contribution < 1.29 is 15.0 Å². The molecule has 1 atom stereocenters. The van der Waals surface area contributed by atoms with Crippen LogP contribution in [0.1, 0.15) is 19.3 Å². The van der Waals surface area contributed by atoms with Crippen molar-refractivity contribution in [1.82, 2.24) is 5.32 Å². The molecular formula is C7H14NNaO3. The molecule has 0 aliphatic heterocycles. The number of hydrogen-bond acceptors (Lipinski definition) is 3. The van der Waals surface area contributed by atoms with Crippen molar-refractivity contribution >= 4 is 35.5 Å². The van der Waals surface area contributed by atoms with Gasteiger partial charge < -0.3 is 10.2 Å². The van der Waals surface area contributed by atoms with Crippen molar-refractivity contribution in [3.8, 4) is 0 Å². The summed E-state index contributed by atoms with van der Waals surface area (Å²) in [6.45, 7) is -0.328. The SMILES string of the molecule is O=C(O)C(CO)NC1CCC1.[NaH]. The summed E-state index contributed by atoms with van der Waals surface area (Å²) in [4.78, 5) is 10.4. The molecule has 0 heterocycles. The monoisotopic (exact) mass is 183 g/mol. The van der Waals surface area contributed by atoms with E-state index in [0.29, 0.717) is 6.04 Å². The summed E-state index contributed by atoms with van der Waals surface area (Å²) >= 11 is 0. The van der Waals surface area contributed by atoms with E-state index in [-0.39, 0.29) is 36.2 Å². The Bertz CT molecular complexity index is 150. The molecule has 0 spiro atoms. The molecule has 66 valence electrons. The van der Waals surface area contributed by atoms with Crippen LogP contribution in [0.15, 0.2) is 0 Å². The number of nitrogens with one attached hydrogen (secondary N) is 1. The summed E-state index contributed by atoms with van der Waals surface area (Å²) in [6, 6.07) is -0.469. The Balaban J connectivity index is 0.00000121. The quantitative estimate of drug-likeness (QED) is 0.485. The van der Waals surface area contributed by atoms with Gasteiger partial charge >= 0.3 is 35.5 Å². The number of carbonyl (C=O) groups is 1. The summed E-state index contributed by atoms with van der Waals surface area (Å²) in [6.07, 6.45) is 3.23. The molecule has 4 nitrogen and oxygen atoms in total. The predicted molar refractivity (Wildman–Crippen MR) is 46.4 cm³/mol. The normalized spacial score (nSPS) is 19.1. The van der Waals surface area contributed by atoms with Crippen LogP contribution >= 0.6 is 0 Å². The zero-order chi connectivity index (χ0) is 8.27. The Morgan fingerprint density at radius 3 is 2.42 bits per heavy atom. The van der Waals surface area contributed by atoms with Crippen LogP contribution < -0.4 is 5.32 Å². The van der Waals surface area contributed by atoms with Gasteiger partial charge in [-0.1, -0.05) is 6.42 Å². The number of aliphatic hydroxyl groups is 1. The van der Waals surface area contributed by atoms with Crippen LogP contribution in [0.3, 0.4) is 0 Å². The van der Waals surface area contributed by atoms with Gasteiger partial charge in [-0.2, -0.15) is 0 Å². The number of aliphatic hydroxyl groups excluding tert-OH is 1. The van der Waals surface area contributed by atoms with E-state index in [0.717, 1.165) is 19.3 Å². The van der Waals surface area contributed by atoms with Gasteiger partial charge in [0.15, 0.2) is 0 Å². The summed E-state index contributed by atoms with van der Waals surface area (Å²) in [7, 11) is 0. The molecule has 12 heavy (non-hydrogen) atoms. The molecule has 0 amide bonds. The fourth-order valence-electron chi connectivity index (χ4n) is 1.06. The minimum atomic E-state index is -0.973. The Morgan fingerprint density at radius 2 is 2.17 bits per heavy atom. The van der Waals surface area contributed by atoms with E-state index in [1.807, 2.05) is 0 Å². The Hall–Kier alpha value is 0.390. The average Bonchev–Trinajstić information content (AvgIpc) is 1.85. The third-order valence-corrected chi connectivity index (χ3v) is 2.02. The van der Waals surface area contributed by atoms with Crippen LogP contribution in [-0.2, 0) is 4.79 Å². The van der Waals surface area contributed by atoms with Crippen molar-refractivity contribution in [1.29, 1.82) is 0 Å². The molecule has 1 aliphatic rings. The van der Waals surface area contributed by atoms with Gasteiger partial charge in [-0.05, 0) is 12.8 Å². The van der Waals surface area contributed by atoms with Gasteiger partial charge in [0.25, 0.3) is 0 Å². The third kappa shape index (κ3) is 3.41. The maximum atomic E-state index is 10.4. The summed E-state index contributed by atoms with van der Waals surface area (Å²) in [5.41, 5.74) is 0. The van der Waals surface area contributed by atoms with E-state index in [1.165, 1.54) is 0 Å².